The van der Waals surface area contributed by atoms with E-state index in [0.717, 1.165) is 0 Å². The number of halogens is 1. The van der Waals surface area contributed by atoms with Gasteiger partial charge in [-0.05, 0) is 18.1 Å². The van der Waals surface area contributed by atoms with E-state index in [-0.39, 0.29) is 18.4 Å². The molecule has 0 aliphatic rings. The summed E-state index contributed by atoms with van der Waals surface area (Å²) in [6.07, 6.45) is 1.09. The number of hydrogen-bond donors (Lipinski definition) is 2. The maximum Gasteiger partial charge on any atom is 0.194 e. The van der Waals surface area contributed by atoms with E-state index >= 15 is 0 Å². The maximum absolute atomic E-state index is 13.1. The molecule has 0 aromatic heterocycles. The summed E-state index contributed by atoms with van der Waals surface area (Å²) < 4.78 is 13.1. The highest BCUT2D eigenvalue weighted by molar-refractivity contribution is 5.51. The highest BCUT2D eigenvalue weighted by Crippen LogP contribution is 2.29. The number of carbonyl (C=O) groups is 1. The Morgan fingerprint density at radius 3 is 2.69 bits per heavy atom. The summed E-state index contributed by atoms with van der Waals surface area (Å²) in [5.74, 6) is -2.11. The van der Waals surface area contributed by atoms with Crippen LogP contribution in [0.25, 0.3) is 0 Å². The minimum Gasteiger partial charge on any atom is -0.504 e. The molecule has 0 unspecified atom stereocenters. The lowest BCUT2D eigenvalue weighted by Gasteiger charge is -2.03. The third-order valence-corrected chi connectivity index (χ3v) is 1.71. The van der Waals surface area contributed by atoms with Gasteiger partial charge in [0.2, 0.25) is 0 Å². The third-order valence-electron chi connectivity index (χ3n) is 1.71. The second-order valence-corrected chi connectivity index (χ2v) is 2.61. The maximum atomic E-state index is 13.1. The van der Waals surface area contributed by atoms with Crippen LogP contribution >= 0.6 is 0 Å². The number of phenolic OH excluding ortho intramolecular Hbond substituents is 2. The average Bonchev–Trinajstić information content (AvgIpc) is 2.13. The second-order valence-electron chi connectivity index (χ2n) is 2.61. The minimum absolute atomic E-state index is 0.196. The van der Waals surface area contributed by atoms with Gasteiger partial charge in [-0.25, -0.2) is 4.39 Å². The van der Waals surface area contributed by atoms with E-state index in [0.29, 0.717) is 6.29 Å². The van der Waals surface area contributed by atoms with Crippen molar-refractivity contribution in [1.82, 2.24) is 0 Å². The van der Waals surface area contributed by atoms with Crippen LogP contribution in [-0.4, -0.2) is 16.5 Å². The van der Waals surface area contributed by atoms with Crippen LogP contribution in [-0.2, 0) is 11.2 Å². The molecule has 1 aromatic rings. The molecule has 0 fully saturated rings. The SMILES string of the molecule is O=CCCc1ccc(O)c(O)c1F. The molecule has 13 heavy (non-hydrogen) atoms. The van der Waals surface area contributed by atoms with Crippen molar-refractivity contribution in [2.45, 2.75) is 12.8 Å². The van der Waals surface area contributed by atoms with Gasteiger partial charge in [-0.2, -0.15) is 0 Å². The van der Waals surface area contributed by atoms with Gasteiger partial charge in [0.15, 0.2) is 17.3 Å². The van der Waals surface area contributed by atoms with Crippen molar-refractivity contribution < 1.29 is 19.4 Å². The number of benzene rings is 1. The van der Waals surface area contributed by atoms with Gasteiger partial charge in [0.05, 0.1) is 0 Å². The van der Waals surface area contributed by atoms with Gasteiger partial charge < -0.3 is 15.0 Å². The Morgan fingerprint density at radius 1 is 1.38 bits per heavy atom. The molecule has 0 saturated heterocycles. The summed E-state index contributed by atoms with van der Waals surface area (Å²) in [5, 5.41) is 17.9. The molecule has 70 valence electrons. The first-order valence-corrected chi connectivity index (χ1v) is 3.79. The van der Waals surface area contributed by atoms with Gasteiger partial charge in [0, 0.05) is 6.42 Å². The fourth-order valence-corrected chi connectivity index (χ4v) is 1.00. The Bertz CT molecular complexity index is 323. The monoisotopic (exact) mass is 184 g/mol. The van der Waals surface area contributed by atoms with Crippen molar-refractivity contribution in [2.75, 3.05) is 0 Å². The Hall–Kier alpha value is -1.58. The molecule has 0 atom stereocenters. The fourth-order valence-electron chi connectivity index (χ4n) is 1.00. The average molecular weight is 184 g/mol. The van der Waals surface area contributed by atoms with Crippen molar-refractivity contribution in [3.63, 3.8) is 0 Å². The Morgan fingerprint density at radius 2 is 2.08 bits per heavy atom. The Balaban J connectivity index is 2.96. The molecule has 4 heteroatoms. The molecule has 0 saturated carbocycles. The highest BCUT2D eigenvalue weighted by atomic mass is 19.1. The first-order valence-electron chi connectivity index (χ1n) is 3.79. The normalized spacial score (nSPS) is 9.92. The summed E-state index contributed by atoms with van der Waals surface area (Å²) in [4.78, 5) is 10.0. The number of aromatic hydroxyl groups is 2. The number of rotatable bonds is 3. The van der Waals surface area contributed by atoms with Gasteiger partial charge in [-0.3, -0.25) is 0 Å². The zero-order valence-corrected chi connectivity index (χ0v) is 6.83. The van der Waals surface area contributed by atoms with Gasteiger partial charge in [0.1, 0.15) is 6.29 Å². The van der Waals surface area contributed by atoms with E-state index in [2.05, 4.69) is 0 Å². The van der Waals surface area contributed by atoms with E-state index in [4.69, 9.17) is 10.2 Å². The lowest BCUT2D eigenvalue weighted by Crippen LogP contribution is -1.91. The molecular weight excluding hydrogens is 175 g/mol. The number of aldehydes is 1. The van der Waals surface area contributed by atoms with Crippen LogP contribution in [0.4, 0.5) is 4.39 Å². The van der Waals surface area contributed by atoms with E-state index in [1.165, 1.54) is 12.1 Å². The number of phenols is 2. The topological polar surface area (TPSA) is 57.5 Å². The van der Waals surface area contributed by atoms with Crippen molar-refractivity contribution in [3.05, 3.63) is 23.5 Å². The molecule has 0 heterocycles. The molecule has 1 rings (SSSR count). The van der Waals surface area contributed by atoms with Gasteiger partial charge in [-0.1, -0.05) is 6.07 Å². The lowest BCUT2D eigenvalue weighted by atomic mass is 10.1. The van der Waals surface area contributed by atoms with Crippen molar-refractivity contribution >= 4 is 6.29 Å². The first-order chi connectivity index (χ1) is 6.16. The minimum atomic E-state index is -0.859. The third kappa shape index (κ3) is 1.96. The van der Waals surface area contributed by atoms with Crippen LogP contribution in [0.5, 0.6) is 11.5 Å². The van der Waals surface area contributed by atoms with Crippen LogP contribution in [0, 0.1) is 5.82 Å². The molecular formula is C9H9FO3. The van der Waals surface area contributed by atoms with E-state index < -0.39 is 17.3 Å². The predicted molar refractivity (Wildman–Crippen MR) is 44.1 cm³/mol. The van der Waals surface area contributed by atoms with E-state index in [1.807, 2.05) is 0 Å². The second kappa shape index (κ2) is 3.89. The van der Waals surface area contributed by atoms with Crippen molar-refractivity contribution in [1.29, 1.82) is 0 Å². The zero-order chi connectivity index (χ0) is 9.84. The van der Waals surface area contributed by atoms with Gasteiger partial charge in [0.25, 0.3) is 0 Å². The summed E-state index contributed by atoms with van der Waals surface area (Å²) >= 11 is 0. The molecule has 0 spiro atoms. The number of hydrogen-bond acceptors (Lipinski definition) is 3. The fraction of sp³-hybridized carbons (Fsp3) is 0.222. The summed E-state index contributed by atoms with van der Waals surface area (Å²) in [6, 6.07) is 2.53. The van der Waals surface area contributed by atoms with Crippen LogP contribution in [0.2, 0.25) is 0 Å². The quantitative estimate of drug-likeness (QED) is 0.551. The molecule has 0 aliphatic heterocycles. The summed E-state index contributed by atoms with van der Waals surface area (Å²) in [6.45, 7) is 0. The zero-order valence-electron chi connectivity index (χ0n) is 6.83. The van der Waals surface area contributed by atoms with E-state index in [1.54, 1.807) is 0 Å². The smallest absolute Gasteiger partial charge is 0.194 e. The first kappa shape index (κ1) is 9.51. The number of aryl methyl sites for hydroxylation is 1. The predicted octanol–water partition coefficient (Wildman–Crippen LogP) is 1.37. The molecule has 0 aliphatic carbocycles. The molecule has 0 bridgehead atoms. The standard InChI is InChI=1S/C9H9FO3/c10-8-6(2-1-5-11)3-4-7(12)9(8)13/h3-5,12-13H,1-2H2. The molecule has 2 N–H and O–H groups in total. The summed E-state index contributed by atoms with van der Waals surface area (Å²) in [5.41, 5.74) is 0.224. The summed E-state index contributed by atoms with van der Waals surface area (Å²) in [7, 11) is 0. The van der Waals surface area contributed by atoms with E-state index in [9.17, 15) is 9.18 Å². The van der Waals surface area contributed by atoms with Crippen LogP contribution < -0.4 is 0 Å². The molecule has 0 amide bonds. The largest absolute Gasteiger partial charge is 0.504 e. The van der Waals surface area contributed by atoms with Crippen LogP contribution in [0.1, 0.15) is 12.0 Å². The van der Waals surface area contributed by atoms with Crippen molar-refractivity contribution in [3.8, 4) is 11.5 Å². The highest BCUT2D eigenvalue weighted by Gasteiger charge is 2.10. The Kier molecular flexibility index (Phi) is 2.84. The molecule has 1 aromatic carbocycles. The number of carbonyl (C=O) groups excluding carboxylic acids is 1. The van der Waals surface area contributed by atoms with Gasteiger partial charge in [-0.15, -0.1) is 0 Å². The Labute approximate surface area is 74.4 Å². The van der Waals surface area contributed by atoms with Crippen molar-refractivity contribution in [2.24, 2.45) is 0 Å². The molecule has 0 radical (unpaired) electrons. The lowest BCUT2D eigenvalue weighted by molar-refractivity contribution is -0.107. The van der Waals surface area contributed by atoms with Crippen LogP contribution in [0.3, 0.4) is 0 Å². The van der Waals surface area contributed by atoms with Gasteiger partial charge >= 0.3 is 0 Å². The molecule has 3 nitrogen and oxygen atoms in total. The van der Waals surface area contributed by atoms with Crippen LogP contribution in [0.15, 0.2) is 12.1 Å².